The van der Waals surface area contributed by atoms with E-state index in [1.807, 2.05) is 13.0 Å². The van der Waals surface area contributed by atoms with Crippen molar-refractivity contribution >= 4 is 5.69 Å². The molecule has 0 aliphatic carbocycles. The summed E-state index contributed by atoms with van der Waals surface area (Å²) in [5, 5.41) is 11.9. The largest absolute Gasteiger partial charge is 0.494 e. The lowest BCUT2D eigenvalue weighted by Gasteiger charge is -2.16. The molecule has 0 spiro atoms. The van der Waals surface area contributed by atoms with Crippen molar-refractivity contribution in [3.63, 3.8) is 0 Å². The Hall–Kier alpha value is -2.61. The van der Waals surface area contributed by atoms with Crippen molar-refractivity contribution in [1.82, 2.24) is 4.98 Å². The Morgan fingerprint density at radius 2 is 2.15 bits per heavy atom. The van der Waals surface area contributed by atoms with E-state index in [0.29, 0.717) is 5.69 Å². The number of benzene rings is 1. The maximum absolute atomic E-state index is 13.4. The molecule has 1 aromatic carbocycles. The zero-order chi connectivity index (χ0) is 14.5. The van der Waals surface area contributed by atoms with Crippen molar-refractivity contribution < 1.29 is 9.13 Å². The van der Waals surface area contributed by atoms with Gasteiger partial charge in [0.05, 0.1) is 19.0 Å². The van der Waals surface area contributed by atoms with Crippen LogP contribution in [0.3, 0.4) is 0 Å². The van der Waals surface area contributed by atoms with Gasteiger partial charge in [0, 0.05) is 6.04 Å². The molecule has 2 rings (SSSR count). The number of rotatable bonds is 4. The number of nitrogens with one attached hydrogen (secondary N) is 1. The summed E-state index contributed by atoms with van der Waals surface area (Å²) in [5.74, 6) is -0.169. The minimum atomic E-state index is -0.386. The Bertz CT molecular complexity index is 635. The number of hydrogen-bond donors (Lipinski definition) is 1. The van der Waals surface area contributed by atoms with Crippen LogP contribution in [0.25, 0.3) is 0 Å². The van der Waals surface area contributed by atoms with Gasteiger partial charge in [-0.3, -0.25) is 0 Å². The van der Waals surface area contributed by atoms with Crippen LogP contribution >= 0.6 is 0 Å². The van der Waals surface area contributed by atoms with E-state index in [2.05, 4.69) is 10.3 Å². The molecule has 0 amide bonds. The molecule has 0 aliphatic rings. The van der Waals surface area contributed by atoms with E-state index in [4.69, 9.17) is 10.00 Å². The fourth-order valence-corrected chi connectivity index (χ4v) is 1.82. The number of pyridine rings is 1. The average Bonchev–Trinajstić information content (AvgIpc) is 2.48. The van der Waals surface area contributed by atoms with Gasteiger partial charge in [0.2, 0.25) is 0 Å². The summed E-state index contributed by atoms with van der Waals surface area (Å²) < 4.78 is 18.3. The van der Waals surface area contributed by atoms with E-state index in [-0.39, 0.29) is 17.6 Å². The Morgan fingerprint density at radius 3 is 2.75 bits per heavy atom. The van der Waals surface area contributed by atoms with Crippen molar-refractivity contribution in [1.29, 1.82) is 5.26 Å². The van der Waals surface area contributed by atoms with Crippen LogP contribution in [-0.2, 0) is 0 Å². The second-order valence-electron chi connectivity index (χ2n) is 4.30. The van der Waals surface area contributed by atoms with Crippen molar-refractivity contribution in [3.05, 3.63) is 53.6 Å². The highest BCUT2D eigenvalue weighted by Crippen LogP contribution is 2.24. The van der Waals surface area contributed by atoms with Crippen LogP contribution < -0.4 is 10.1 Å². The van der Waals surface area contributed by atoms with Crippen molar-refractivity contribution in [3.8, 4) is 11.8 Å². The first-order valence-corrected chi connectivity index (χ1v) is 6.10. The third-order valence-corrected chi connectivity index (χ3v) is 2.94. The normalized spacial score (nSPS) is 11.5. The van der Waals surface area contributed by atoms with Gasteiger partial charge in [0.25, 0.3) is 0 Å². The molecule has 1 heterocycles. The van der Waals surface area contributed by atoms with Crippen LogP contribution in [-0.4, -0.2) is 12.1 Å². The van der Waals surface area contributed by atoms with E-state index in [1.54, 1.807) is 30.5 Å². The lowest BCUT2D eigenvalue weighted by Crippen LogP contribution is -2.07. The van der Waals surface area contributed by atoms with Gasteiger partial charge in [-0.2, -0.15) is 5.26 Å². The Labute approximate surface area is 116 Å². The Morgan fingerprint density at radius 1 is 1.35 bits per heavy atom. The maximum Gasteiger partial charge on any atom is 0.165 e. The van der Waals surface area contributed by atoms with Gasteiger partial charge in [-0.15, -0.1) is 0 Å². The quantitative estimate of drug-likeness (QED) is 0.927. The number of halogens is 1. The smallest absolute Gasteiger partial charge is 0.165 e. The summed E-state index contributed by atoms with van der Waals surface area (Å²) in [6.07, 6.45) is 1.59. The molecular weight excluding hydrogens is 257 g/mol. The summed E-state index contributed by atoms with van der Waals surface area (Å²) in [7, 11) is 1.44. The first-order valence-electron chi connectivity index (χ1n) is 6.10. The molecule has 4 nitrogen and oxygen atoms in total. The number of hydrogen-bond acceptors (Lipinski definition) is 4. The minimum absolute atomic E-state index is 0.0424. The first kappa shape index (κ1) is 13.8. The van der Waals surface area contributed by atoms with Gasteiger partial charge >= 0.3 is 0 Å². The highest BCUT2D eigenvalue weighted by atomic mass is 19.1. The van der Waals surface area contributed by atoms with Gasteiger partial charge in [0.15, 0.2) is 11.6 Å². The van der Waals surface area contributed by atoms with E-state index in [1.165, 1.54) is 13.2 Å². The fourth-order valence-electron chi connectivity index (χ4n) is 1.82. The number of anilines is 1. The minimum Gasteiger partial charge on any atom is -0.494 e. The lowest BCUT2D eigenvalue weighted by atomic mass is 10.1. The molecule has 0 unspecified atom stereocenters. The molecule has 1 aromatic heterocycles. The summed E-state index contributed by atoms with van der Waals surface area (Å²) in [5.41, 5.74) is 2.05. The molecule has 0 saturated carbocycles. The molecule has 5 heteroatoms. The molecule has 0 saturated heterocycles. The van der Waals surface area contributed by atoms with Gasteiger partial charge in [-0.25, -0.2) is 9.37 Å². The van der Waals surface area contributed by atoms with Crippen LogP contribution in [0.5, 0.6) is 5.75 Å². The fraction of sp³-hybridized carbons (Fsp3) is 0.200. The molecule has 102 valence electrons. The summed E-state index contributed by atoms with van der Waals surface area (Å²) >= 11 is 0. The number of nitrogens with zero attached hydrogens (tertiary/aromatic N) is 2. The molecule has 0 radical (unpaired) electrons. The first-order chi connectivity index (χ1) is 9.63. The second-order valence-corrected chi connectivity index (χ2v) is 4.30. The van der Waals surface area contributed by atoms with Gasteiger partial charge < -0.3 is 10.1 Å². The predicted octanol–water partition coefficient (Wildman–Crippen LogP) is 3.27. The molecular formula is C15H14FN3O. The highest BCUT2D eigenvalue weighted by Gasteiger charge is 2.09. The second kappa shape index (κ2) is 6.02. The Kier molecular flexibility index (Phi) is 4.16. The summed E-state index contributed by atoms with van der Waals surface area (Å²) in [6, 6.07) is 10.1. The van der Waals surface area contributed by atoms with E-state index in [0.717, 1.165) is 11.3 Å². The lowest BCUT2D eigenvalue weighted by molar-refractivity contribution is 0.385. The Balaban J connectivity index is 2.15. The monoisotopic (exact) mass is 271 g/mol. The van der Waals surface area contributed by atoms with Crippen LogP contribution in [0, 0.1) is 17.1 Å². The van der Waals surface area contributed by atoms with E-state index < -0.39 is 0 Å². The highest BCUT2D eigenvalue weighted by molar-refractivity contribution is 5.45. The standard InChI is InChI=1S/C15H14FN3O/c1-10(11-3-6-14(16)15(7-11)20-2)19-13-5-4-12(8-17)18-9-13/h3-7,9-10,19H,1-2H3/t10-/m0/s1. The molecule has 1 atom stereocenters. The van der Waals surface area contributed by atoms with Crippen LogP contribution in [0.4, 0.5) is 10.1 Å². The van der Waals surface area contributed by atoms with Gasteiger partial charge in [-0.1, -0.05) is 6.07 Å². The van der Waals surface area contributed by atoms with Crippen molar-refractivity contribution in [2.24, 2.45) is 0 Å². The summed E-state index contributed by atoms with van der Waals surface area (Å²) in [4.78, 5) is 3.98. The number of ether oxygens (including phenoxy) is 1. The number of aromatic nitrogens is 1. The number of methoxy groups -OCH3 is 1. The van der Waals surface area contributed by atoms with Gasteiger partial charge in [-0.05, 0) is 36.8 Å². The molecule has 0 aliphatic heterocycles. The van der Waals surface area contributed by atoms with E-state index >= 15 is 0 Å². The third kappa shape index (κ3) is 3.04. The zero-order valence-corrected chi connectivity index (χ0v) is 11.2. The average molecular weight is 271 g/mol. The number of nitriles is 1. The van der Waals surface area contributed by atoms with Gasteiger partial charge in [0.1, 0.15) is 11.8 Å². The molecule has 0 fully saturated rings. The molecule has 20 heavy (non-hydrogen) atoms. The predicted molar refractivity (Wildman–Crippen MR) is 73.9 cm³/mol. The molecule has 1 N–H and O–H groups in total. The third-order valence-electron chi connectivity index (χ3n) is 2.94. The van der Waals surface area contributed by atoms with Crippen LogP contribution in [0.15, 0.2) is 36.5 Å². The van der Waals surface area contributed by atoms with E-state index in [9.17, 15) is 4.39 Å². The SMILES string of the molecule is COc1cc([C@H](C)Nc2ccc(C#N)nc2)ccc1F. The van der Waals surface area contributed by atoms with Crippen molar-refractivity contribution in [2.45, 2.75) is 13.0 Å². The van der Waals surface area contributed by atoms with Crippen molar-refractivity contribution in [2.75, 3.05) is 12.4 Å². The summed E-state index contributed by atoms with van der Waals surface area (Å²) in [6.45, 7) is 1.95. The topological polar surface area (TPSA) is 57.9 Å². The molecule has 0 bridgehead atoms. The maximum atomic E-state index is 13.4. The van der Waals surface area contributed by atoms with Crippen LogP contribution in [0.1, 0.15) is 24.2 Å². The zero-order valence-electron chi connectivity index (χ0n) is 11.2. The molecule has 2 aromatic rings. The van der Waals surface area contributed by atoms with Crippen LogP contribution in [0.2, 0.25) is 0 Å².